The third-order valence-corrected chi connectivity index (χ3v) is 2.59. The van der Waals surface area contributed by atoms with Crippen molar-refractivity contribution in [1.29, 1.82) is 0 Å². The lowest BCUT2D eigenvalue weighted by Gasteiger charge is -2.11. The second-order valence-electron chi connectivity index (χ2n) is 3.91. The molecule has 0 amide bonds. The highest BCUT2D eigenvalue weighted by Crippen LogP contribution is 2.16. The van der Waals surface area contributed by atoms with Gasteiger partial charge in [-0.2, -0.15) is 0 Å². The number of benzene rings is 1. The maximum atomic E-state index is 12.7. The summed E-state index contributed by atoms with van der Waals surface area (Å²) in [5.74, 6) is -0.776. The maximum absolute atomic E-state index is 12.7. The Morgan fingerprint density at radius 3 is 2.53 bits per heavy atom. The quantitative estimate of drug-likeness (QED) is 0.749. The van der Waals surface area contributed by atoms with E-state index in [9.17, 15) is 9.18 Å². The zero-order valence-corrected chi connectivity index (χ0v) is 10.4. The van der Waals surface area contributed by atoms with E-state index in [1.807, 2.05) is 13.0 Å². The average Bonchev–Trinajstić information content (AvgIpc) is 2.31. The van der Waals surface area contributed by atoms with E-state index in [1.165, 1.54) is 12.1 Å². The van der Waals surface area contributed by atoms with E-state index >= 15 is 0 Å². The molecule has 0 aliphatic carbocycles. The summed E-state index contributed by atoms with van der Waals surface area (Å²) >= 11 is 0. The molecule has 92 valence electrons. The van der Waals surface area contributed by atoms with E-state index in [-0.39, 0.29) is 17.7 Å². The molecule has 1 rings (SSSR count). The van der Waals surface area contributed by atoms with Crippen LogP contribution in [0.15, 0.2) is 29.8 Å². The zero-order valence-electron chi connectivity index (χ0n) is 10.4. The normalized spacial score (nSPS) is 13.3. The standard InChI is InChI=1S/C14H17FO2/c1-4-17-14(16)11(3)10(2)9-12-5-7-13(15)8-6-12/h5-9,11H,4H2,1-3H3/b10-9-. The number of rotatable bonds is 4. The van der Waals surface area contributed by atoms with Gasteiger partial charge in [-0.3, -0.25) is 4.79 Å². The minimum absolute atomic E-state index is 0.233. The fourth-order valence-electron chi connectivity index (χ4n) is 1.40. The number of hydrogen-bond acceptors (Lipinski definition) is 2. The molecule has 0 aliphatic rings. The van der Waals surface area contributed by atoms with Crippen molar-refractivity contribution in [2.24, 2.45) is 5.92 Å². The predicted octanol–water partition coefficient (Wildman–Crippen LogP) is 3.43. The molecule has 17 heavy (non-hydrogen) atoms. The third-order valence-electron chi connectivity index (χ3n) is 2.59. The highest BCUT2D eigenvalue weighted by atomic mass is 19.1. The van der Waals surface area contributed by atoms with E-state index in [2.05, 4.69) is 0 Å². The van der Waals surface area contributed by atoms with Gasteiger partial charge >= 0.3 is 5.97 Å². The number of esters is 1. The van der Waals surface area contributed by atoms with Crippen molar-refractivity contribution in [2.45, 2.75) is 20.8 Å². The molecule has 1 atom stereocenters. The third kappa shape index (κ3) is 4.02. The van der Waals surface area contributed by atoms with E-state index in [0.717, 1.165) is 11.1 Å². The zero-order chi connectivity index (χ0) is 12.8. The van der Waals surface area contributed by atoms with Crippen LogP contribution >= 0.6 is 0 Å². The molecule has 0 fully saturated rings. The number of carbonyl (C=O) groups is 1. The lowest BCUT2D eigenvalue weighted by atomic mass is 10.0. The number of hydrogen-bond donors (Lipinski definition) is 0. The molecule has 0 radical (unpaired) electrons. The molecule has 1 unspecified atom stereocenters. The van der Waals surface area contributed by atoms with Gasteiger partial charge in [0.1, 0.15) is 5.82 Å². The van der Waals surface area contributed by atoms with E-state index in [1.54, 1.807) is 26.0 Å². The van der Waals surface area contributed by atoms with Gasteiger partial charge in [-0.15, -0.1) is 0 Å². The minimum atomic E-state index is -0.278. The van der Waals surface area contributed by atoms with Crippen molar-refractivity contribution in [1.82, 2.24) is 0 Å². The average molecular weight is 236 g/mol. The second kappa shape index (κ2) is 6.18. The lowest BCUT2D eigenvalue weighted by Crippen LogP contribution is -2.15. The first-order valence-corrected chi connectivity index (χ1v) is 5.65. The highest BCUT2D eigenvalue weighted by molar-refractivity contribution is 5.77. The summed E-state index contributed by atoms with van der Waals surface area (Å²) in [7, 11) is 0. The predicted molar refractivity (Wildman–Crippen MR) is 65.8 cm³/mol. The van der Waals surface area contributed by atoms with E-state index in [4.69, 9.17) is 4.74 Å². The molecule has 3 heteroatoms. The van der Waals surface area contributed by atoms with Gasteiger partial charge in [0.15, 0.2) is 0 Å². The first kappa shape index (κ1) is 13.4. The van der Waals surface area contributed by atoms with Crippen LogP contribution in [0.4, 0.5) is 4.39 Å². The monoisotopic (exact) mass is 236 g/mol. The van der Waals surface area contributed by atoms with Gasteiger partial charge in [-0.05, 0) is 38.5 Å². The Bertz CT molecular complexity index is 407. The van der Waals surface area contributed by atoms with Crippen LogP contribution < -0.4 is 0 Å². The molecule has 0 bridgehead atoms. The van der Waals surface area contributed by atoms with Crippen LogP contribution in [0.3, 0.4) is 0 Å². The molecular formula is C14H17FO2. The van der Waals surface area contributed by atoms with E-state index < -0.39 is 0 Å². The minimum Gasteiger partial charge on any atom is -0.466 e. The van der Waals surface area contributed by atoms with Gasteiger partial charge in [0.05, 0.1) is 12.5 Å². The number of halogens is 1. The summed E-state index contributed by atoms with van der Waals surface area (Å²) in [6.45, 7) is 5.83. The first-order valence-electron chi connectivity index (χ1n) is 5.65. The first-order chi connectivity index (χ1) is 8.04. The van der Waals surface area contributed by atoms with Gasteiger partial charge in [-0.25, -0.2) is 4.39 Å². The van der Waals surface area contributed by atoms with Crippen LogP contribution in [0.5, 0.6) is 0 Å². The van der Waals surface area contributed by atoms with Crippen molar-refractivity contribution in [3.05, 3.63) is 41.2 Å². The van der Waals surface area contributed by atoms with Crippen molar-refractivity contribution < 1.29 is 13.9 Å². The molecule has 0 N–H and O–H groups in total. The smallest absolute Gasteiger partial charge is 0.312 e. The molecule has 0 aliphatic heterocycles. The van der Waals surface area contributed by atoms with Crippen molar-refractivity contribution in [3.63, 3.8) is 0 Å². The highest BCUT2D eigenvalue weighted by Gasteiger charge is 2.15. The van der Waals surface area contributed by atoms with Gasteiger partial charge in [0.25, 0.3) is 0 Å². The SMILES string of the molecule is CCOC(=O)C(C)/C(C)=C\c1ccc(F)cc1. The van der Waals surface area contributed by atoms with Crippen molar-refractivity contribution in [2.75, 3.05) is 6.61 Å². The van der Waals surface area contributed by atoms with Gasteiger partial charge in [0, 0.05) is 0 Å². The van der Waals surface area contributed by atoms with Gasteiger partial charge in [0.2, 0.25) is 0 Å². The van der Waals surface area contributed by atoms with Gasteiger partial charge < -0.3 is 4.74 Å². The summed E-state index contributed by atoms with van der Waals surface area (Å²) in [6, 6.07) is 6.15. The Kier molecular flexibility index (Phi) is 4.88. The summed E-state index contributed by atoms with van der Waals surface area (Å²) < 4.78 is 17.7. The van der Waals surface area contributed by atoms with Crippen LogP contribution in [-0.4, -0.2) is 12.6 Å². The summed E-state index contributed by atoms with van der Waals surface area (Å²) in [4.78, 5) is 11.5. The molecule has 0 heterocycles. The molecule has 0 saturated carbocycles. The van der Waals surface area contributed by atoms with E-state index in [0.29, 0.717) is 6.61 Å². The fourth-order valence-corrected chi connectivity index (χ4v) is 1.40. The molecule has 1 aromatic carbocycles. The maximum Gasteiger partial charge on any atom is 0.312 e. The Morgan fingerprint density at radius 1 is 1.41 bits per heavy atom. The van der Waals surface area contributed by atoms with Crippen LogP contribution in [-0.2, 0) is 9.53 Å². The molecule has 0 aromatic heterocycles. The van der Waals surface area contributed by atoms with Crippen molar-refractivity contribution in [3.8, 4) is 0 Å². The lowest BCUT2D eigenvalue weighted by molar-refractivity contribution is -0.146. The topological polar surface area (TPSA) is 26.3 Å². The molecule has 0 spiro atoms. The Morgan fingerprint density at radius 2 is 2.00 bits per heavy atom. The number of carbonyl (C=O) groups excluding carboxylic acids is 1. The van der Waals surface area contributed by atoms with Crippen molar-refractivity contribution >= 4 is 12.0 Å². The Hall–Kier alpha value is -1.64. The van der Waals surface area contributed by atoms with Gasteiger partial charge in [-0.1, -0.05) is 23.8 Å². The Balaban J connectivity index is 2.77. The molecular weight excluding hydrogens is 219 g/mol. The molecule has 0 saturated heterocycles. The second-order valence-corrected chi connectivity index (χ2v) is 3.91. The Labute approximate surface area is 101 Å². The molecule has 2 nitrogen and oxygen atoms in total. The largest absolute Gasteiger partial charge is 0.466 e. The molecule has 1 aromatic rings. The van der Waals surface area contributed by atoms with Crippen LogP contribution in [0.2, 0.25) is 0 Å². The van der Waals surface area contributed by atoms with Crippen LogP contribution in [0.1, 0.15) is 26.3 Å². The summed E-state index contributed by atoms with van der Waals surface area (Å²) in [5, 5.41) is 0. The van der Waals surface area contributed by atoms with Crippen LogP contribution in [0.25, 0.3) is 6.08 Å². The fraction of sp³-hybridized carbons (Fsp3) is 0.357. The summed E-state index contributed by atoms with van der Waals surface area (Å²) in [6.07, 6.45) is 1.86. The van der Waals surface area contributed by atoms with Crippen LogP contribution in [0, 0.1) is 11.7 Å². The number of ether oxygens (including phenoxy) is 1. The summed E-state index contributed by atoms with van der Waals surface area (Å²) in [5.41, 5.74) is 1.77.